The van der Waals surface area contributed by atoms with Crippen molar-refractivity contribution in [1.82, 2.24) is 9.97 Å². The van der Waals surface area contributed by atoms with Crippen molar-refractivity contribution in [3.8, 4) is 0 Å². The number of thiol groups is 1. The minimum absolute atomic E-state index is 0.743. The van der Waals surface area contributed by atoms with Gasteiger partial charge in [0.25, 0.3) is 0 Å². The second kappa shape index (κ2) is 4.67. The molecule has 0 saturated carbocycles. The zero-order valence-electron chi connectivity index (χ0n) is 7.31. The van der Waals surface area contributed by atoms with Crippen LogP contribution in [-0.2, 0) is 0 Å². The van der Waals surface area contributed by atoms with Gasteiger partial charge in [0.2, 0.25) is 0 Å². The van der Waals surface area contributed by atoms with E-state index < -0.39 is 0 Å². The number of aromatic nitrogens is 2. The Morgan fingerprint density at radius 1 is 1.31 bits per heavy atom. The Morgan fingerprint density at radius 3 is 2.85 bits per heavy atom. The van der Waals surface area contributed by atoms with E-state index in [4.69, 9.17) is 5.73 Å². The number of benzene rings is 1. The van der Waals surface area contributed by atoms with Gasteiger partial charge in [-0.05, 0) is 24.5 Å². The minimum atomic E-state index is 0.743. The van der Waals surface area contributed by atoms with Crippen molar-refractivity contribution in [2.45, 2.75) is 0 Å². The highest BCUT2D eigenvalue weighted by atomic mass is 32.1. The van der Waals surface area contributed by atoms with Crippen LogP contribution in [0.1, 0.15) is 0 Å². The summed E-state index contributed by atoms with van der Waals surface area (Å²) in [5.41, 5.74) is 7.24. The van der Waals surface area contributed by atoms with Gasteiger partial charge < -0.3 is 5.73 Å². The average Bonchev–Trinajstić information content (AvgIpc) is 2.21. The van der Waals surface area contributed by atoms with Crippen LogP contribution in [0, 0.1) is 0 Å². The first-order valence-electron chi connectivity index (χ1n) is 3.76. The molecule has 4 heteroatoms. The summed E-state index contributed by atoms with van der Waals surface area (Å²) in [5, 5.41) is 0.979. The molecule has 1 aromatic carbocycles. The predicted octanol–water partition coefficient (Wildman–Crippen LogP) is 1.76. The second-order valence-corrected chi connectivity index (χ2v) is 2.34. The summed E-state index contributed by atoms with van der Waals surface area (Å²) in [7, 11) is 0. The molecule has 1 heterocycles. The van der Waals surface area contributed by atoms with Gasteiger partial charge in [0.05, 0.1) is 5.52 Å². The summed E-state index contributed by atoms with van der Waals surface area (Å²) < 4.78 is 0. The maximum Gasteiger partial charge on any atom is 0.116 e. The number of rotatable bonds is 0. The molecule has 0 atom stereocenters. The Hall–Kier alpha value is -1.29. The Kier molecular flexibility index (Phi) is 3.52. The third-order valence-corrected chi connectivity index (χ3v) is 1.53. The molecule has 2 aromatic rings. The molecule has 0 aliphatic rings. The number of nitrogens with two attached hydrogens (primary N) is 1. The molecule has 0 amide bonds. The Bertz CT molecular complexity index is 389. The highest BCUT2D eigenvalue weighted by molar-refractivity contribution is 7.79. The van der Waals surface area contributed by atoms with Crippen molar-refractivity contribution in [3.05, 3.63) is 30.7 Å². The maximum atomic E-state index is 5.57. The Labute approximate surface area is 82.4 Å². The van der Waals surface area contributed by atoms with E-state index in [9.17, 15) is 0 Å². The average molecular weight is 193 g/mol. The van der Waals surface area contributed by atoms with Crippen molar-refractivity contribution in [2.75, 3.05) is 12.0 Å². The van der Waals surface area contributed by atoms with Gasteiger partial charge in [-0.25, -0.2) is 9.97 Å². The normalized spacial score (nSPS) is 9.08. The van der Waals surface area contributed by atoms with E-state index in [1.54, 1.807) is 12.5 Å². The summed E-state index contributed by atoms with van der Waals surface area (Å²) in [4.78, 5) is 7.94. The van der Waals surface area contributed by atoms with Crippen LogP contribution in [0.2, 0.25) is 0 Å². The quantitative estimate of drug-likeness (QED) is 0.495. The fourth-order valence-electron chi connectivity index (χ4n) is 1.00. The fourth-order valence-corrected chi connectivity index (χ4v) is 1.00. The predicted molar refractivity (Wildman–Crippen MR) is 58.9 cm³/mol. The summed E-state index contributed by atoms with van der Waals surface area (Å²) >= 11 is 3.53. The molecule has 0 unspecified atom stereocenters. The summed E-state index contributed by atoms with van der Waals surface area (Å²) in [6.07, 6.45) is 4.97. The first kappa shape index (κ1) is 9.80. The molecule has 0 radical (unpaired) electrons. The monoisotopic (exact) mass is 193 g/mol. The molecule has 0 bridgehead atoms. The summed E-state index contributed by atoms with van der Waals surface area (Å²) in [6.45, 7) is 0. The first-order chi connectivity index (χ1) is 6.36. The Balaban J connectivity index is 0.000000396. The van der Waals surface area contributed by atoms with E-state index in [0.717, 1.165) is 16.6 Å². The van der Waals surface area contributed by atoms with Gasteiger partial charge in [-0.2, -0.15) is 12.6 Å². The van der Waals surface area contributed by atoms with Crippen molar-refractivity contribution in [1.29, 1.82) is 0 Å². The fraction of sp³-hybridized carbons (Fsp3) is 0.111. The molecular formula is C9H11N3S. The molecule has 68 valence electrons. The van der Waals surface area contributed by atoms with Gasteiger partial charge in [0.1, 0.15) is 6.33 Å². The van der Waals surface area contributed by atoms with E-state index >= 15 is 0 Å². The smallest absolute Gasteiger partial charge is 0.116 e. The van der Waals surface area contributed by atoms with Crippen molar-refractivity contribution < 1.29 is 0 Å². The zero-order chi connectivity index (χ0) is 9.68. The third kappa shape index (κ3) is 2.32. The van der Waals surface area contributed by atoms with Gasteiger partial charge >= 0.3 is 0 Å². The molecule has 0 fully saturated rings. The van der Waals surface area contributed by atoms with Crippen LogP contribution in [0.3, 0.4) is 0 Å². The van der Waals surface area contributed by atoms with Crippen LogP contribution in [0.5, 0.6) is 0 Å². The van der Waals surface area contributed by atoms with E-state index in [-0.39, 0.29) is 0 Å². The van der Waals surface area contributed by atoms with Gasteiger partial charge in [-0.15, -0.1) is 0 Å². The van der Waals surface area contributed by atoms with Crippen LogP contribution in [0.25, 0.3) is 10.9 Å². The first-order valence-corrected chi connectivity index (χ1v) is 4.66. The van der Waals surface area contributed by atoms with Crippen LogP contribution in [-0.4, -0.2) is 16.2 Å². The van der Waals surface area contributed by atoms with E-state index in [1.165, 1.54) is 6.33 Å². The van der Waals surface area contributed by atoms with E-state index in [0.29, 0.717) is 0 Å². The van der Waals surface area contributed by atoms with Crippen LogP contribution in [0.4, 0.5) is 5.69 Å². The molecule has 0 aliphatic carbocycles. The van der Waals surface area contributed by atoms with Crippen LogP contribution in [0.15, 0.2) is 30.7 Å². The summed E-state index contributed by atoms with van der Waals surface area (Å²) in [6, 6.07) is 5.57. The van der Waals surface area contributed by atoms with Gasteiger partial charge in [0, 0.05) is 17.3 Å². The molecule has 13 heavy (non-hydrogen) atoms. The van der Waals surface area contributed by atoms with E-state index in [1.807, 2.05) is 18.2 Å². The molecule has 2 rings (SSSR count). The highest BCUT2D eigenvalue weighted by Gasteiger charge is 1.92. The largest absolute Gasteiger partial charge is 0.399 e. The highest BCUT2D eigenvalue weighted by Crippen LogP contribution is 2.12. The van der Waals surface area contributed by atoms with Crippen LogP contribution < -0.4 is 5.73 Å². The number of nitrogens with zero attached hydrogens (tertiary/aromatic N) is 2. The SMILES string of the molecule is CS.Nc1ccc2ncncc2c1. The Morgan fingerprint density at radius 2 is 2.08 bits per heavy atom. The van der Waals surface area contributed by atoms with Crippen molar-refractivity contribution >= 4 is 29.2 Å². The number of fused-ring (bicyclic) bond motifs is 1. The lowest BCUT2D eigenvalue weighted by molar-refractivity contribution is 1.22. The molecule has 1 aromatic heterocycles. The van der Waals surface area contributed by atoms with Gasteiger partial charge in [0.15, 0.2) is 0 Å². The number of hydrogen-bond donors (Lipinski definition) is 2. The molecule has 3 nitrogen and oxygen atoms in total. The van der Waals surface area contributed by atoms with Crippen LogP contribution >= 0.6 is 12.6 Å². The maximum absolute atomic E-state index is 5.57. The molecule has 0 saturated heterocycles. The lowest BCUT2D eigenvalue weighted by Crippen LogP contribution is -1.85. The van der Waals surface area contributed by atoms with E-state index in [2.05, 4.69) is 22.6 Å². The van der Waals surface area contributed by atoms with Gasteiger partial charge in [-0.1, -0.05) is 0 Å². The molecule has 0 spiro atoms. The lowest BCUT2D eigenvalue weighted by atomic mass is 10.2. The minimum Gasteiger partial charge on any atom is -0.399 e. The molecular weight excluding hydrogens is 182 g/mol. The molecule has 2 N–H and O–H groups in total. The zero-order valence-corrected chi connectivity index (χ0v) is 8.20. The topological polar surface area (TPSA) is 51.8 Å². The molecule has 0 aliphatic heterocycles. The number of nitrogen functional groups attached to an aromatic ring is 1. The number of anilines is 1. The van der Waals surface area contributed by atoms with Gasteiger partial charge in [-0.3, -0.25) is 0 Å². The summed E-state index contributed by atoms with van der Waals surface area (Å²) in [5.74, 6) is 0. The third-order valence-electron chi connectivity index (χ3n) is 1.53. The van der Waals surface area contributed by atoms with Crippen molar-refractivity contribution in [3.63, 3.8) is 0 Å². The lowest BCUT2D eigenvalue weighted by Gasteiger charge is -1.95. The van der Waals surface area contributed by atoms with Crippen molar-refractivity contribution in [2.24, 2.45) is 0 Å². The second-order valence-electron chi connectivity index (χ2n) is 2.34. The number of hydrogen-bond acceptors (Lipinski definition) is 4. The standard InChI is InChI=1S/C8H7N3.CH4S/c9-7-1-2-8-6(3-7)4-10-5-11-8;1-2/h1-5H,9H2;2H,1H3.